The normalized spacial score (nSPS) is 11.3. The van der Waals surface area contributed by atoms with Crippen molar-refractivity contribution in [3.05, 3.63) is 84.2 Å². The van der Waals surface area contributed by atoms with Gasteiger partial charge in [-0.15, -0.1) is 11.6 Å². The minimum Gasteiger partial charge on any atom is -0.493 e. The van der Waals surface area contributed by atoms with Crippen LogP contribution in [0.3, 0.4) is 0 Å². The SMILES string of the molecule is COc1cc2ncnc(Nc3ccc(C(C)=NOCc4ccccc4)cc3)c2cc1OCCCCl. The first kappa shape index (κ1) is 24.3. The molecule has 0 spiro atoms. The van der Waals surface area contributed by atoms with E-state index in [2.05, 4.69) is 20.4 Å². The molecule has 1 N–H and O–H groups in total. The van der Waals surface area contributed by atoms with Crippen molar-refractivity contribution in [2.24, 2.45) is 5.16 Å². The fraction of sp³-hybridized carbons (Fsp3) is 0.222. The molecule has 0 fully saturated rings. The van der Waals surface area contributed by atoms with Crippen molar-refractivity contribution in [3.8, 4) is 11.5 Å². The molecule has 0 saturated heterocycles. The number of aromatic nitrogens is 2. The minimum absolute atomic E-state index is 0.432. The third kappa shape index (κ3) is 6.39. The van der Waals surface area contributed by atoms with Gasteiger partial charge in [0.15, 0.2) is 11.5 Å². The molecule has 35 heavy (non-hydrogen) atoms. The second-order valence-corrected chi connectivity index (χ2v) is 8.15. The Kier molecular flexibility index (Phi) is 8.35. The van der Waals surface area contributed by atoms with Crippen LogP contribution in [-0.4, -0.2) is 35.3 Å². The number of fused-ring (bicyclic) bond motifs is 1. The summed E-state index contributed by atoms with van der Waals surface area (Å²) < 4.78 is 11.3. The third-order valence-electron chi connectivity index (χ3n) is 5.30. The number of ether oxygens (including phenoxy) is 2. The van der Waals surface area contributed by atoms with Crippen LogP contribution in [0.5, 0.6) is 11.5 Å². The summed E-state index contributed by atoms with van der Waals surface area (Å²) in [6, 6.07) is 21.6. The fourth-order valence-corrected chi connectivity index (χ4v) is 3.54. The minimum atomic E-state index is 0.432. The van der Waals surface area contributed by atoms with Crippen LogP contribution in [0.2, 0.25) is 0 Å². The molecule has 0 aliphatic carbocycles. The van der Waals surface area contributed by atoms with Gasteiger partial charge in [0.1, 0.15) is 18.8 Å². The molecule has 4 rings (SSSR count). The number of oxime groups is 1. The van der Waals surface area contributed by atoms with Gasteiger partial charge in [-0.2, -0.15) is 0 Å². The zero-order chi connectivity index (χ0) is 24.5. The molecule has 0 atom stereocenters. The third-order valence-corrected chi connectivity index (χ3v) is 5.56. The number of alkyl halides is 1. The molecule has 8 heteroatoms. The van der Waals surface area contributed by atoms with Gasteiger partial charge < -0.3 is 19.6 Å². The fourth-order valence-electron chi connectivity index (χ4n) is 3.43. The molecule has 3 aromatic carbocycles. The molecule has 0 saturated carbocycles. The van der Waals surface area contributed by atoms with E-state index in [1.165, 1.54) is 6.33 Å². The van der Waals surface area contributed by atoms with Gasteiger partial charge in [0, 0.05) is 23.0 Å². The van der Waals surface area contributed by atoms with Gasteiger partial charge in [-0.25, -0.2) is 9.97 Å². The first-order valence-corrected chi connectivity index (χ1v) is 11.8. The van der Waals surface area contributed by atoms with Crippen molar-refractivity contribution < 1.29 is 14.3 Å². The van der Waals surface area contributed by atoms with Crippen molar-refractivity contribution in [1.29, 1.82) is 0 Å². The predicted molar refractivity (Wildman–Crippen MR) is 140 cm³/mol. The second kappa shape index (κ2) is 12.0. The van der Waals surface area contributed by atoms with E-state index >= 15 is 0 Å². The first-order chi connectivity index (χ1) is 17.2. The Balaban J connectivity index is 1.48. The van der Waals surface area contributed by atoms with E-state index in [1.807, 2.05) is 73.7 Å². The number of hydrogen-bond acceptors (Lipinski definition) is 7. The molecule has 4 aromatic rings. The molecular weight excluding hydrogens is 464 g/mol. The lowest BCUT2D eigenvalue weighted by molar-refractivity contribution is 0.130. The van der Waals surface area contributed by atoms with Gasteiger partial charge in [-0.3, -0.25) is 0 Å². The molecular formula is C27H27ClN4O3. The summed E-state index contributed by atoms with van der Waals surface area (Å²) in [6.45, 7) is 2.85. The number of rotatable bonds is 11. The van der Waals surface area contributed by atoms with E-state index < -0.39 is 0 Å². The smallest absolute Gasteiger partial charge is 0.162 e. The highest BCUT2D eigenvalue weighted by atomic mass is 35.5. The average molecular weight is 491 g/mol. The number of nitrogens with one attached hydrogen (secondary N) is 1. The summed E-state index contributed by atoms with van der Waals surface area (Å²) in [5.41, 5.74) is 4.47. The monoisotopic (exact) mass is 490 g/mol. The maximum absolute atomic E-state index is 5.87. The zero-order valence-corrected chi connectivity index (χ0v) is 20.5. The maximum atomic E-state index is 5.87. The Labute approximate surface area is 209 Å². The van der Waals surface area contributed by atoms with Gasteiger partial charge in [-0.1, -0.05) is 47.6 Å². The predicted octanol–water partition coefficient (Wildman–Crippen LogP) is 6.33. The Morgan fingerprint density at radius 3 is 2.54 bits per heavy atom. The number of nitrogens with zero attached hydrogens (tertiary/aromatic N) is 3. The highest BCUT2D eigenvalue weighted by molar-refractivity contribution is 6.17. The van der Waals surface area contributed by atoms with Gasteiger partial charge in [0.2, 0.25) is 0 Å². The van der Waals surface area contributed by atoms with Crippen LogP contribution < -0.4 is 14.8 Å². The summed E-state index contributed by atoms with van der Waals surface area (Å²) in [5.74, 6) is 2.45. The molecule has 0 aliphatic heterocycles. The summed E-state index contributed by atoms with van der Waals surface area (Å²) >= 11 is 5.78. The average Bonchev–Trinajstić information content (AvgIpc) is 2.89. The largest absolute Gasteiger partial charge is 0.493 e. The van der Waals surface area contributed by atoms with Crippen molar-refractivity contribution >= 4 is 39.7 Å². The van der Waals surface area contributed by atoms with E-state index in [0.717, 1.165) is 39.8 Å². The molecule has 0 amide bonds. The summed E-state index contributed by atoms with van der Waals surface area (Å²) in [6.07, 6.45) is 2.26. The van der Waals surface area contributed by atoms with Crippen molar-refractivity contribution in [2.45, 2.75) is 20.0 Å². The van der Waals surface area contributed by atoms with E-state index in [9.17, 15) is 0 Å². The van der Waals surface area contributed by atoms with Crippen molar-refractivity contribution in [2.75, 3.05) is 24.9 Å². The number of methoxy groups -OCH3 is 1. The second-order valence-electron chi connectivity index (χ2n) is 7.77. The Hall–Kier alpha value is -3.84. The molecule has 1 heterocycles. The lowest BCUT2D eigenvalue weighted by Crippen LogP contribution is -2.02. The summed E-state index contributed by atoms with van der Waals surface area (Å²) in [4.78, 5) is 14.3. The molecule has 1 aromatic heterocycles. The van der Waals surface area contributed by atoms with Gasteiger partial charge >= 0.3 is 0 Å². The number of halogens is 1. The quantitative estimate of drug-likeness (QED) is 0.114. The van der Waals surface area contributed by atoms with Crippen LogP contribution in [-0.2, 0) is 11.4 Å². The lowest BCUT2D eigenvalue weighted by atomic mass is 10.1. The zero-order valence-electron chi connectivity index (χ0n) is 19.7. The Bertz CT molecular complexity index is 1280. The van der Waals surface area contributed by atoms with E-state index in [1.54, 1.807) is 7.11 Å². The van der Waals surface area contributed by atoms with Gasteiger partial charge in [-0.05, 0) is 42.7 Å². The first-order valence-electron chi connectivity index (χ1n) is 11.3. The number of anilines is 2. The Morgan fingerprint density at radius 1 is 1.00 bits per heavy atom. The van der Waals surface area contributed by atoms with Crippen molar-refractivity contribution in [3.63, 3.8) is 0 Å². The lowest BCUT2D eigenvalue weighted by Gasteiger charge is -2.14. The van der Waals surface area contributed by atoms with Crippen LogP contribution >= 0.6 is 11.6 Å². The molecule has 7 nitrogen and oxygen atoms in total. The molecule has 0 bridgehead atoms. The highest BCUT2D eigenvalue weighted by Crippen LogP contribution is 2.34. The van der Waals surface area contributed by atoms with E-state index in [-0.39, 0.29) is 0 Å². The van der Waals surface area contributed by atoms with Crippen LogP contribution in [0, 0.1) is 0 Å². The summed E-state index contributed by atoms with van der Waals surface area (Å²) in [7, 11) is 1.61. The van der Waals surface area contributed by atoms with E-state index in [0.29, 0.717) is 36.4 Å². The van der Waals surface area contributed by atoms with Gasteiger partial charge in [0.25, 0.3) is 0 Å². The van der Waals surface area contributed by atoms with Crippen LogP contribution in [0.1, 0.15) is 24.5 Å². The number of benzene rings is 3. The van der Waals surface area contributed by atoms with Crippen molar-refractivity contribution in [1.82, 2.24) is 9.97 Å². The van der Waals surface area contributed by atoms with Crippen LogP contribution in [0.4, 0.5) is 11.5 Å². The standard InChI is InChI=1S/C27H27ClN4O3/c1-19(32-35-17-20-7-4-3-5-8-20)21-9-11-22(12-10-21)31-27-23-15-26(34-14-6-13-28)25(33-2)16-24(23)29-18-30-27/h3-5,7-12,15-16,18H,6,13-14,17H2,1-2H3,(H,29,30,31). The number of hydrogen-bond donors (Lipinski definition) is 1. The maximum Gasteiger partial charge on any atom is 0.162 e. The molecule has 0 aliphatic rings. The van der Waals surface area contributed by atoms with Crippen LogP contribution in [0.25, 0.3) is 10.9 Å². The topological polar surface area (TPSA) is 77.9 Å². The Morgan fingerprint density at radius 2 is 1.80 bits per heavy atom. The summed E-state index contributed by atoms with van der Waals surface area (Å²) in [5, 5.41) is 8.44. The van der Waals surface area contributed by atoms with E-state index in [4.69, 9.17) is 25.9 Å². The molecule has 0 unspecified atom stereocenters. The highest BCUT2D eigenvalue weighted by Gasteiger charge is 2.12. The van der Waals surface area contributed by atoms with Gasteiger partial charge in [0.05, 0.1) is 24.9 Å². The molecule has 0 radical (unpaired) electrons. The van der Waals surface area contributed by atoms with Crippen LogP contribution in [0.15, 0.2) is 78.2 Å². The molecule has 180 valence electrons.